The maximum Gasteiger partial charge on any atom is 0.311 e. The summed E-state index contributed by atoms with van der Waals surface area (Å²) < 4.78 is 0. The van der Waals surface area contributed by atoms with E-state index in [1.165, 1.54) is 0 Å². The number of amidine groups is 1. The van der Waals surface area contributed by atoms with E-state index in [0.29, 0.717) is 5.84 Å². The minimum atomic E-state index is -0.966. The highest BCUT2D eigenvalue weighted by molar-refractivity contribution is 6.13. The molecule has 0 unspecified atom stereocenters. The van der Waals surface area contributed by atoms with E-state index >= 15 is 0 Å². The van der Waals surface area contributed by atoms with Crippen molar-refractivity contribution >= 4 is 17.7 Å². The lowest BCUT2D eigenvalue weighted by Gasteiger charge is -1.95. The molecular weight excluding hydrogens is 160 g/mol. The zero-order valence-electron chi connectivity index (χ0n) is 6.33. The molecule has 2 aliphatic rings. The van der Waals surface area contributed by atoms with Gasteiger partial charge in [0.2, 0.25) is 0 Å². The van der Waals surface area contributed by atoms with Crippen molar-refractivity contribution in [3.8, 4) is 0 Å². The maximum atomic E-state index is 11.1. The number of aliphatic imine (C=N–C) groups is 1. The molecule has 64 valence electrons. The largest absolute Gasteiger partial charge is 0.481 e. The first kappa shape index (κ1) is 7.27. The van der Waals surface area contributed by atoms with Crippen molar-refractivity contribution in [1.29, 1.82) is 0 Å². The summed E-state index contributed by atoms with van der Waals surface area (Å²) in [6, 6.07) is 0. The van der Waals surface area contributed by atoms with Crippen molar-refractivity contribution in [3.05, 3.63) is 0 Å². The van der Waals surface area contributed by atoms with Crippen LogP contribution in [0.3, 0.4) is 0 Å². The summed E-state index contributed by atoms with van der Waals surface area (Å²) in [6.07, 6.45) is 1.32. The van der Waals surface area contributed by atoms with Gasteiger partial charge in [0.25, 0.3) is 5.91 Å². The van der Waals surface area contributed by atoms with E-state index in [9.17, 15) is 9.59 Å². The summed E-state index contributed by atoms with van der Waals surface area (Å²) in [5.41, 5.74) is -0.565. The lowest BCUT2D eigenvalue weighted by atomic mass is 10.3. The predicted octanol–water partition coefficient (Wildman–Crippen LogP) is -0.478. The van der Waals surface area contributed by atoms with Gasteiger partial charge in [0, 0.05) is 0 Å². The fourth-order valence-corrected chi connectivity index (χ4v) is 1.27. The monoisotopic (exact) mass is 168 g/mol. The first-order valence-corrected chi connectivity index (χ1v) is 3.74. The Morgan fingerprint density at radius 3 is 2.75 bits per heavy atom. The summed E-state index contributed by atoms with van der Waals surface area (Å²) >= 11 is 0. The second-order valence-electron chi connectivity index (χ2n) is 3.11. The molecule has 0 aromatic carbocycles. The average molecular weight is 168 g/mol. The van der Waals surface area contributed by atoms with Gasteiger partial charge in [-0.05, 0) is 12.8 Å². The number of amides is 1. The number of nitrogens with zero attached hydrogens (tertiary/aromatic N) is 1. The number of carbonyl (C=O) groups is 2. The molecule has 0 atom stereocenters. The van der Waals surface area contributed by atoms with Crippen LogP contribution in [0.5, 0.6) is 0 Å². The van der Waals surface area contributed by atoms with E-state index in [4.69, 9.17) is 5.11 Å². The number of carboxylic acid groups (broad SMARTS) is 1. The first-order valence-electron chi connectivity index (χ1n) is 3.74. The van der Waals surface area contributed by atoms with E-state index in [1.54, 1.807) is 0 Å². The van der Waals surface area contributed by atoms with Gasteiger partial charge in [0.15, 0.2) is 0 Å². The Morgan fingerprint density at radius 2 is 2.33 bits per heavy atom. The number of hydrogen-bond acceptors (Lipinski definition) is 3. The van der Waals surface area contributed by atoms with Crippen LogP contribution in [0.15, 0.2) is 4.99 Å². The standard InChI is InChI=1S/C7H8N2O3/c10-5(11)3-4-8-6(12)7(9-4)1-2-7/h1-3H2,(H,10,11)(H,8,9,12). The normalized spacial score (nSPS) is 23.7. The zero-order valence-corrected chi connectivity index (χ0v) is 6.33. The second-order valence-corrected chi connectivity index (χ2v) is 3.11. The summed E-state index contributed by atoms with van der Waals surface area (Å²) in [5, 5.41) is 10.9. The molecule has 1 heterocycles. The number of aliphatic carboxylic acids is 1. The van der Waals surface area contributed by atoms with Gasteiger partial charge < -0.3 is 10.4 Å². The molecule has 0 aromatic heterocycles. The lowest BCUT2D eigenvalue weighted by Crippen LogP contribution is -2.30. The topological polar surface area (TPSA) is 78.8 Å². The van der Waals surface area contributed by atoms with Crippen LogP contribution < -0.4 is 5.32 Å². The summed E-state index contributed by atoms with van der Waals surface area (Å²) in [4.78, 5) is 25.4. The molecule has 1 aliphatic heterocycles. The molecule has 0 bridgehead atoms. The van der Waals surface area contributed by atoms with Crippen LogP contribution in [0, 0.1) is 0 Å². The quantitative estimate of drug-likeness (QED) is 0.584. The predicted molar refractivity (Wildman–Crippen MR) is 39.8 cm³/mol. The Hall–Kier alpha value is -1.39. The Bertz CT molecular complexity index is 291. The number of carbonyl (C=O) groups excluding carboxylic acids is 1. The molecule has 1 fully saturated rings. The van der Waals surface area contributed by atoms with Gasteiger partial charge in [-0.2, -0.15) is 0 Å². The Kier molecular flexibility index (Phi) is 1.25. The second kappa shape index (κ2) is 2.06. The van der Waals surface area contributed by atoms with E-state index in [1.807, 2.05) is 0 Å². The third kappa shape index (κ3) is 0.975. The fourth-order valence-electron chi connectivity index (χ4n) is 1.27. The smallest absolute Gasteiger partial charge is 0.311 e. The molecule has 5 nitrogen and oxygen atoms in total. The summed E-state index contributed by atoms with van der Waals surface area (Å²) in [7, 11) is 0. The molecule has 1 amide bonds. The highest BCUT2D eigenvalue weighted by Gasteiger charge is 2.53. The van der Waals surface area contributed by atoms with Crippen molar-refractivity contribution in [3.63, 3.8) is 0 Å². The minimum absolute atomic E-state index is 0.140. The molecule has 0 radical (unpaired) electrons. The van der Waals surface area contributed by atoms with Crippen molar-refractivity contribution in [2.24, 2.45) is 4.99 Å². The zero-order chi connectivity index (χ0) is 8.77. The van der Waals surface area contributed by atoms with E-state index < -0.39 is 11.5 Å². The molecule has 1 aliphatic carbocycles. The van der Waals surface area contributed by atoms with Gasteiger partial charge >= 0.3 is 5.97 Å². The van der Waals surface area contributed by atoms with Gasteiger partial charge in [-0.3, -0.25) is 14.6 Å². The first-order chi connectivity index (χ1) is 5.62. The van der Waals surface area contributed by atoms with Gasteiger partial charge in [-0.15, -0.1) is 0 Å². The summed E-state index contributed by atoms with van der Waals surface area (Å²) in [5.74, 6) is -0.810. The Morgan fingerprint density at radius 1 is 1.67 bits per heavy atom. The maximum absolute atomic E-state index is 11.1. The Labute approximate surface area is 68.5 Å². The van der Waals surface area contributed by atoms with E-state index in [2.05, 4.69) is 10.3 Å². The van der Waals surface area contributed by atoms with Crippen LogP contribution in [0.1, 0.15) is 19.3 Å². The third-order valence-electron chi connectivity index (χ3n) is 2.07. The van der Waals surface area contributed by atoms with Gasteiger partial charge in [0.1, 0.15) is 17.8 Å². The van der Waals surface area contributed by atoms with Crippen LogP contribution in [0.4, 0.5) is 0 Å². The number of hydrogen-bond donors (Lipinski definition) is 2. The van der Waals surface area contributed by atoms with Crippen LogP contribution in [0.25, 0.3) is 0 Å². The number of nitrogens with one attached hydrogen (secondary N) is 1. The number of carboxylic acids is 1. The van der Waals surface area contributed by atoms with Gasteiger partial charge in [-0.25, -0.2) is 0 Å². The van der Waals surface area contributed by atoms with Crippen molar-refractivity contribution in [2.45, 2.75) is 24.8 Å². The van der Waals surface area contributed by atoms with Gasteiger partial charge in [-0.1, -0.05) is 0 Å². The molecular formula is C7H8N2O3. The van der Waals surface area contributed by atoms with Crippen LogP contribution in [0.2, 0.25) is 0 Å². The van der Waals surface area contributed by atoms with Crippen molar-refractivity contribution in [2.75, 3.05) is 0 Å². The molecule has 2 rings (SSSR count). The molecule has 1 spiro atoms. The SMILES string of the molecule is O=C(O)CC1=NC2(CC2)C(=O)N1. The third-order valence-corrected chi connectivity index (χ3v) is 2.07. The van der Waals surface area contributed by atoms with Crippen LogP contribution >= 0.6 is 0 Å². The van der Waals surface area contributed by atoms with E-state index in [-0.39, 0.29) is 12.3 Å². The molecule has 12 heavy (non-hydrogen) atoms. The summed E-state index contributed by atoms with van der Waals surface area (Å²) in [6.45, 7) is 0. The molecule has 0 saturated heterocycles. The molecule has 0 aromatic rings. The Balaban J connectivity index is 2.11. The van der Waals surface area contributed by atoms with Crippen LogP contribution in [-0.4, -0.2) is 28.4 Å². The fraction of sp³-hybridized carbons (Fsp3) is 0.571. The van der Waals surface area contributed by atoms with Crippen molar-refractivity contribution < 1.29 is 14.7 Å². The molecule has 1 saturated carbocycles. The molecule has 2 N–H and O–H groups in total. The number of rotatable bonds is 2. The van der Waals surface area contributed by atoms with Crippen molar-refractivity contribution in [1.82, 2.24) is 5.32 Å². The van der Waals surface area contributed by atoms with E-state index in [0.717, 1.165) is 12.8 Å². The minimum Gasteiger partial charge on any atom is -0.481 e. The lowest BCUT2D eigenvalue weighted by molar-refractivity contribution is -0.135. The van der Waals surface area contributed by atoms with Gasteiger partial charge in [0.05, 0.1) is 0 Å². The molecule has 5 heteroatoms. The average Bonchev–Trinajstić information content (AvgIpc) is 2.60. The highest BCUT2D eigenvalue weighted by atomic mass is 16.4. The van der Waals surface area contributed by atoms with Crippen LogP contribution in [-0.2, 0) is 9.59 Å². The highest BCUT2D eigenvalue weighted by Crippen LogP contribution is 2.42.